The Hall–Kier alpha value is -1.81. The maximum atomic E-state index is 11.0. The van der Waals surface area contributed by atoms with Crippen LogP contribution in [0.3, 0.4) is 0 Å². The van der Waals surface area contributed by atoms with Gasteiger partial charge >= 0.3 is 5.97 Å². The van der Waals surface area contributed by atoms with Crippen molar-refractivity contribution < 1.29 is 9.90 Å². The zero-order valence-corrected chi connectivity index (χ0v) is 11.7. The number of fused-ring (bicyclic) bond motifs is 1. The molecule has 0 amide bonds. The van der Waals surface area contributed by atoms with Gasteiger partial charge in [-0.2, -0.15) is 0 Å². The minimum Gasteiger partial charge on any atom is -0.480 e. The summed E-state index contributed by atoms with van der Waals surface area (Å²) in [6.45, 7) is 2.99. The van der Waals surface area contributed by atoms with Crippen LogP contribution in [0.25, 0.3) is 10.9 Å². The van der Waals surface area contributed by atoms with E-state index in [1.807, 2.05) is 6.20 Å². The van der Waals surface area contributed by atoms with Crippen molar-refractivity contribution in [2.45, 2.75) is 38.8 Å². The van der Waals surface area contributed by atoms with Crippen molar-refractivity contribution in [3.05, 3.63) is 35.5 Å². The molecule has 1 heterocycles. The lowest BCUT2D eigenvalue weighted by molar-refractivity contribution is -0.138. The zero-order valence-electron chi connectivity index (χ0n) is 11.7. The second kappa shape index (κ2) is 5.29. The molecule has 0 radical (unpaired) electrons. The van der Waals surface area contributed by atoms with Gasteiger partial charge in [-0.05, 0) is 30.4 Å². The molecule has 2 aromatic rings. The van der Waals surface area contributed by atoms with Crippen LogP contribution >= 0.6 is 0 Å². The number of benzene rings is 1. The molecule has 1 aromatic carbocycles. The lowest BCUT2D eigenvalue weighted by atomic mass is 10.1. The van der Waals surface area contributed by atoms with Gasteiger partial charge in [-0.25, -0.2) is 0 Å². The normalized spacial score (nSPS) is 15.1. The molecule has 4 heteroatoms. The molecule has 0 atom stereocenters. The van der Waals surface area contributed by atoms with E-state index in [9.17, 15) is 4.79 Å². The third-order valence-electron chi connectivity index (χ3n) is 4.04. The summed E-state index contributed by atoms with van der Waals surface area (Å²) in [6, 6.07) is 6.78. The third kappa shape index (κ3) is 2.56. The van der Waals surface area contributed by atoms with E-state index in [0.717, 1.165) is 19.3 Å². The van der Waals surface area contributed by atoms with Gasteiger partial charge in [0.15, 0.2) is 0 Å². The largest absolute Gasteiger partial charge is 0.480 e. The van der Waals surface area contributed by atoms with Gasteiger partial charge in [0.25, 0.3) is 0 Å². The van der Waals surface area contributed by atoms with Crippen molar-refractivity contribution in [3.8, 4) is 0 Å². The highest BCUT2D eigenvalue weighted by atomic mass is 16.4. The predicted molar refractivity (Wildman–Crippen MR) is 78.7 cm³/mol. The Kier molecular flexibility index (Phi) is 3.49. The number of hydrogen-bond donors (Lipinski definition) is 2. The number of aromatic nitrogens is 1. The summed E-state index contributed by atoms with van der Waals surface area (Å²) in [5.41, 5.74) is 3.70. The van der Waals surface area contributed by atoms with Crippen molar-refractivity contribution in [2.24, 2.45) is 0 Å². The Bertz CT molecular complexity index is 628. The number of H-pyrrole nitrogens is 1. The predicted octanol–water partition coefficient (Wildman–Crippen LogP) is 2.78. The van der Waals surface area contributed by atoms with Crippen LogP contribution in [-0.2, 0) is 17.8 Å². The molecule has 0 unspecified atom stereocenters. The Balaban J connectivity index is 1.88. The minimum atomic E-state index is -0.744. The van der Waals surface area contributed by atoms with Crippen molar-refractivity contribution in [1.82, 2.24) is 9.88 Å². The lowest BCUT2D eigenvalue weighted by Gasteiger charge is -2.19. The molecular weight excluding hydrogens is 252 g/mol. The molecule has 1 saturated carbocycles. The van der Waals surface area contributed by atoms with Crippen molar-refractivity contribution in [1.29, 1.82) is 0 Å². The molecule has 1 fully saturated rings. The van der Waals surface area contributed by atoms with Gasteiger partial charge in [0.2, 0.25) is 0 Å². The van der Waals surface area contributed by atoms with Crippen LogP contribution in [-0.4, -0.2) is 33.5 Å². The highest BCUT2D eigenvalue weighted by Gasteiger charge is 2.30. The second-order valence-corrected chi connectivity index (χ2v) is 5.54. The number of carboxylic acid groups (broad SMARTS) is 1. The molecule has 1 aliphatic carbocycles. The number of nitrogens with zero attached hydrogens (tertiary/aromatic N) is 1. The number of nitrogens with one attached hydrogen (secondary N) is 1. The summed E-state index contributed by atoms with van der Waals surface area (Å²) in [7, 11) is 0. The molecule has 3 rings (SSSR count). The first kappa shape index (κ1) is 13.2. The van der Waals surface area contributed by atoms with Crippen molar-refractivity contribution in [2.75, 3.05) is 6.54 Å². The van der Waals surface area contributed by atoms with Gasteiger partial charge in [0, 0.05) is 29.7 Å². The van der Waals surface area contributed by atoms with E-state index in [4.69, 9.17) is 5.11 Å². The summed E-state index contributed by atoms with van der Waals surface area (Å²) < 4.78 is 0. The van der Waals surface area contributed by atoms with E-state index in [1.54, 1.807) is 0 Å². The van der Waals surface area contributed by atoms with E-state index in [2.05, 4.69) is 35.0 Å². The zero-order chi connectivity index (χ0) is 14.1. The maximum absolute atomic E-state index is 11.0. The van der Waals surface area contributed by atoms with Crippen LogP contribution in [0.1, 0.15) is 30.9 Å². The van der Waals surface area contributed by atoms with Crippen LogP contribution < -0.4 is 0 Å². The van der Waals surface area contributed by atoms with Crippen molar-refractivity contribution in [3.63, 3.8) is 0 Å². The first-order valence-corrected chi connectivity index (χ1v) is 7.22. The summed E-state index contributed by atoms with van der Waals surface area (Å²) >= 11 is 0. The van der Waals surface area contributed by atoms with E-state index in [0.29, 0.717) is 12.6 Å². The Morgan fingerprint density at radius 1 is 1.40 bits per heavy atom. The Morgan fingerprint density at radius 3 is 2.85 bits per heavy atom. The molecule has 4 nitrogen and oxygen atoms in total. The summed E-state index contributed by atoms with van der Waals surface area (Å²) in [4.78, 5) is 16.4. The first-order chi connectivity index (χ1) is 9.69. The number of rotatable bonds is 6. The van der Waals surface area contributed by atoms with Crippen LogP contribution in [0.4, 0.5) is 0 Å². The highest BCUT2D eigenvalue weighted by molar-refractivity contribution is 5.86. The highest BCUT2D eigenvalue weighted by Crippen LogP contribution is 2.30. The monoisotopic (exact) mass is 272 g/mol. The molecule has 0 bridgehead atoms. The quantitative estimate of drug-likeness (QED) is 0.850. The topological polar surface area (TPSA) is 56.3 Å². The van der Waals surface area contributed by atoms with Gasteiger partial charge in [0.05, 0.1) is 6.54 Å². The smallest absolute Gasteiger partial charge is 0.317 e. The average Bonchev–Trinajstić information content (AvgIpc) is 3.20. The first-order valence-electron chi connectivity index (χ1n) is 7.22. The molecule has 2 N–H and O–H groups in total. The molecule has 0 spiro atoms. The summed E-state index contributed by atoms with van der Waals surface area (Å²) in [6.07, 6.45) is 5.27. The fraction of sp³-hybridized carbons (Fsp3) is 0.438. The molecule has 1 aliphatic rings. The number of aromatic amines is 1. The number of carbonyl (C=O) groups is 1. The average molecular weight is 272 g/mol. The molecule has 106 valence electrons. The van der Waals surface area contributed by atoms with Gasteiger partial charge in [-0.15, -0.1) is 0 Å². The SMILES string of the molecule is CCc1cccc2c(CN(CC(=O)O)C3CC3)c[nH]c12. The van der Waals surface area contributed by atoms with Gasteiger partial charge < -0.3 is 10.1 Å². The number of para-hydroxylation sites is 1. The Labute approximate surface area is 118 Å². The van der Waals surface area contributed by atoms with Gasteiger partial charge in [-0.1, -0.05) is 25.1 Å². The fourth-order valence-electron chi connectivity index (χ4n) is 2.85. The summed E-state index contributed by atoms with van der Waals surface area (Å²) in [5.74, 6) is -0.744. The molecule has 1 aromatic heterocycles. The number of carboxylic acids is 1. The molecular formula is C16H20N2O2. The Morgan fingerprint density at radius 2 is 2.20 bits per heavy atom. The summed E-state index contributed by atoms with van der Waals surface area (Å²) in [5, 5.41) is 10.3. The van der Waals surface area contributed by atoms with Crippen LogP contribution in [0.15, 0.2) is 24.4 Å². The van der Waals surface area contributed by atoms with Crippen LogP contribution in [0.5, 0.6) is 0 Å². The molecule has 0 aliphatic heterocycles. The van der Waals surface area contributed by atoms with Crippen LogP contribution in [0, 0.1) is 0 Å². The van der Waals surface area contributed by atoms with Gasteiger partial charge in [-0.3, -0.25) is 9.69 Å². The van der Waals surface area contributed by atoms with E-state index in [1.165, 1.54) is 22.0 Å². The minimum absolute atomic E-state index is 0.130. The second-order valence-electron chi connectivity index (χ2n) is 5.54. The van der Waals surface area contributed by atoms with Crippen molar-refractivity contribution >= 4 is 16.9 Å². The van der Waals surface area contributed by atoms with E-state index >= 15 is 0 Å². The standard InChI is InChI=1S/C16H20N2O2/c1-2-11-4-3-5-14-12(8-17-16(11)14)9-18(10-15(19)20)13-6-7-13/h3-5,8,13,17H,2,6-7,9-10H2,1H3,(H,19,20). The van der Waals surface area contributed by atoms with E-state index < -0.39 is 5.97 Å². The molecule has 0 saturated heterocycles. The fourth-order valence-corrected chi connectivity index (χ4v) is 2.85. The number of aliphatic carboxylic acids is 1. The molecule has 20 heavy (non-hydrogen) atoms. The lowest BCUT2D eigenvalue weighted by Crippen LogP contribution is -2.31. The number of aryl methyl sites for hydroxylation is 1. The third-order valence-corrected chi connectivity index (χ3v) is 4.04. The van der Waals surface area contributed by atoms with Crippen LogP contribution in [0.2, 0.25) is 0 Å². The maximum Gasteiger partial charge on any atom is 0.317 e. The van der Waals surface area contributed by atoms with E-state index in [-0.39, 0.29) is 6.54 Å². The van der Waals surface area contributed by atoms with Gasteiger partial charge in [0.1, 0.15) is 0 Å². The number of hydrogen-bond acceptors (Lipinski definition) is 2.